The van der Waals surface area contributed by atoms with Crippen LogP contribution in [0.1, 0.15) is 32.3 Å². The van der Waals surface area contributed by atoms with Gasteiger partial charge in [0.2, 0.25) is 5.91 Å². The minimum atomic E-state index is -0.139. The van der Waals surface area contributed by atoms with Gasteiger partial charge in [-0.25, -0.2) is 0 Å². The first kappa shape index (κ1) is 14.6. The molecule has 4 nitrogen and oxygen atoms in total. The number of carbonyl (C=O) groups excluding carboxylic acids is 1. The van der Waals surface area contributed by atoms with Crippen LogP contribution in [0.3, 0.4) is 0 Å². The van der Waals surface area contributed by atoms with E-state index in [0.717, 1.165) is 12.0 Å². The Labute approximate surface area is 108 Å². The van der Waals surface area contributed by atoms with Crippen molar-refractivity contribution in [1.82, 2.24) is 10.3 Å². The van der Waals surface area contributed by atoms with Crippen LogP contribution in [0.5, 0.6) is 0 Å². The van der Waals surface area contributed by atoms with E-state index in [0.29, 0.717) is 18.8 Å². The lowest BCUT2D eigenvalue weighted by atomic mass is 9.99. The molecular formula is C14H22N2O2. The van der Waals surface area contributed by atoms with E-state index < -0.39 is 0 Å². The van der Waals surface area contributed by atoms with Gasteiger partial charge in [0.15, 0.2) is 0 Å². The van der Waals surface area contributed by atoms with Gasteiger partial charge in [-0.15, -0.1) is 0 Å². The summed E-state index contributed by atoms with van der Waals surface area (Å²) in [7, 11) is 0. The summed E-state index contributed by atoms with van der Waals surface area (Å²) in [4.78, 5) is 15.7. The summed E-state index contributed by atoms with van der Waals surface area (Å²) in [5, 5.41) is 12.1. The molecule has 0 radical (unpaired) electrons. The van der Waals surface area contributed by atoms with E-state index in [2.05, 4.69) is 17.2 Å². The maximum absolute atomic E-state index is 11.8. The summed E-state index contributed by atoms with van der Waals surface area (Å²) in [5.41, 5.74) is 1.10. The number of hydrogen-bond acceptors (Lipinski definition) is 3. The Balaban J connectivity index is 2.37. The third-order valence-corrected chi connectivity index (χ3v) is 3.26. The van der Waals surface area contributed by atoms with E-state index in [1.54, 1.807) is 12.4 Å². The Kier molecular flexibility index (Phi) is 6.36. The molecule has 4 heteroatoms. The van der Waals surface area contributed by atoms with Crippen LogP contribution in [0, 0.1) is 5.92 Å². The quantitative estimate of drug-likeness (QED) is 0.771. The molecule has 0 unspecified atom stereocenters. The van der Waals surface area contributed by atoms with Gasteiger partial charge in [0.25, 0.3) is 0 Å². The number of aliphatic hydroxyl groups excluding tert-OH is 1. The molecule has 1 heterocycles. The molecule has 0 aliphatic rings. The predicted octanol–water partition coefficient (Wildman–Crippen LogP) is 1.54. The number of aryl methyl sites for hydroxylation is 1. The third kappa shape index (κ3) is 4.84. The largest absolute Gasteiger partial charge is 0.394 e. The maximum Gasteiger partial charge on any atom is 0.220 e. The van der Waals surface area contributed by atoms with Gasteiger partial charge >= 0.3 is 0 Å². The Morgan fingerprint density at radius 2 is 2.11 bits per heavy atom. The molecule has 0 saturated carbocycles. The van der Waals surface area contributed by atoms with Crippen LogP contribution in [0.25, 0.3) is 0 Å². The highest BCUT2D eigenvalue weighted by atomic mass is 16.3. The Morgan fingerprint density at radius 1 is 1.44 bits per heavy atom. The van der Waals surface area contributed by atoms with E-state index in [1.807, 2.05) is 19.1 Å². The SMILES string of the molecule is CC[C@H](C)[C@@H](CO)NC(=O)CCc1ccncc1. The third-order valence-electron chi connectivity index (χ3n) is 3.26. The van der Waals surface area contributed by atoms with Gasteiger partial charge in [-0.1, -0.05) is 20.3 Å². The minimum Gasteiger partial charge on any atom is -0.394 e. The molecule has 0 spiro atoms. The summed E-state index contributed by atoms with van der Waals surface area (Å²) < 4.78 is 0. The van der Waals surface area contributed by atoms with Crippen LogP contribution >= 0.6 is 0 Å². The van der Waals surface area contributed by atoms with Crippen LogP contribution in [0.15, 0.2) is 24.5 Å². The molecule has 0 aliphatic heterocycles. The molecule has 1 aromatic rings. The lowest BCUT2D eigenvalue weighted by molar-refractivity contribution is -0.122. The fraction of sp³-hybridized carbons (Fsp3) is 0.571. The highest BCUT2D eigenvalue weighted by molar-refractivity contribution is 5.76. The molecule has 0 fully saturated rings. The number of nitrogens with zero attached hydrogens (tertiary/aromatic N) is 1. The first-order chi connectivity index (χ1) is 8.67. The lowest BCUT2D eigenvalue weighted by Gasteiger charge is -2.22. The zero-order valence-electron chi connectivity index (χ0n) is 11.1. The van der Waals surface area contributed by atoms with Gasteiger partial charge < -0.3 is 10.4 Å². The number of rotatable bonds is 7. The second-order valence-electron chi connectivity index (χ2n) is 4.60. The topological polar surface area (TPSA) is 62.2 Å². The van der Waals surface area contributed by atoms with Crippen molar-refractivity contribution in [2.45, 2.75) is 39.2 Å². The number of carbonyl (C=O) groups is 1. The Morgan fingerprint density at radius 3 is 2.67 bits per heavy atom. The van der Waals surface area contributed by atoms with Crippen LogP contribution in [0.4, 0.5) is 0 Å². The monoisotopic (exact) mass is 250 g/mol. The summed E-state index contributed by atoms with van der Waals surface area (Å²) in [5.74, 6) is 0.283. The normalized spacial score (nSPS) is 13.9. The second kappa shape index (κ2) is 7.82. The van der Waals surface area contributed by atoms with Gasteiger partial charge in [-0.3, -0.25) is 9.78 Å². The van der Waals surface area contributed by atoms with Gasteiger partial charge in [-0.2, -0.15) is 0 Å². The molecule has 18 heavy (non-hydrogen) atoms. The van der Waals surface area contributed by atoms with Crippen molar-refractivity contribution in [3.63, 3.8) is 0 Å². The average Bonchev–Trinajstić information content (AvgIpc) is 2.42. The first-order valence-electron chi connectivity index (χ1n) is 6.46. The van der Waals surface area contributed by atoms with Gasteiger partial charge in [0, 0.05) is 18.8 Å². The van der Waals surface area contributed by atoms with Gasteiger partial charge in [0.1, 0.15) is 0 Å². The summed E-state index contributed by atoms with van der Waals surface area (Å²) in [6.07, 6.45) is 5.53. The van der Waals surface area contributed by atoms with E-state index in [1.165, 1.54) is 0 Å². The second-order valence-corrected chi connectivity index (χ2v) is 4.60. The molecule has 1 aromatic heterocycles. The maximum atomic E-state index is 11.8. The van der Waals surface area contributed by atoms with Gasteiger partial charge in [-0.05, 0) is 30.0 Å². The van der Waals surface area contributed by atoms with Crippen molar-refractivity contribution in [1.29, 1.82) is 0 Å². The first-order valence-corrected chi connectivity index (χ1v) is 6.46. The standard InChI is InChI=1S/C14H22N2O2/c1-3-11(2)13(10-17)16-14(18)5-4-12-6-8-15-9-7-12/h6-9,11,13,17H,3-5,10H2,1-2H3,(H,16,18)/t11-,13+/m0/s1. The fourth-order valence-corrected chi connectivity index (χ4v) is 1.74. The zero-order valence-corrected chi connectivity index (χ0v) is 11.1. The predicted molar refractivity (Wildman–Crippen MR) is 71.0 cm³/mol. The molecule has 2 N–H and O–H groups in total. The van der Waals surface area contributed by atoms with Crippen molar-refractivity contribution < 1.29 is 9.90 Å². The van der Waals surface area contributed by atoms with E-state index in [-0.39, 0.29) is 18.6 Å². The molecule has 0 aliphatic carbocycles. The highest BCUT2D eigenvalue weighted by Gasteiger charge is 2.16. The molecule has 1 rings (SSSR count). The Hall–Kier alpha value is -1.42. The van der Waals surface area contributed by atoms with Crippen molar-refractivity contribution in [3.8, 4) is 0 Å². The van der Waals surface area contributed by atoms with Crippen molar-refractivity contribution >= 4 is 5.91 Å². The number of hydrogen-bond donors (Lipinski definition) is 2. The molecule has 2 atom stereocenters. The lowest BCUT2D eigenvalue weighted by Crippen LogP contribution is -2.41. The number of aliphatic hydroxyl groups is 1. The molecule has 1 amide bonds. The number of nitrogens with one attached hydrogen (secondary N) is 1. The summed E-state index contributed by atoms with van der Waals surface area (Å²) in [6, 6.07) is 3.68. The number of aromatic nitrogens is 1. The van der Waals surface area contributed by atoms with E-state index in [9.17, 15) is 9.90 Å². The molecular weight excluding hydrogens is 228 g/mol. The van der Waals surface area contributed by atoms with Crippen LogP contribution < -0.4 is 5.32 Å². The number of pyridine rings is 1. The average molecular weight is 250 g/mol. The summed E-state index contributed by atoms with van der Waals surface area (Å²) in [6.45, 7) is 4.08. The van der Waals surface area contributed by atoms with E-state index >= 15 is 0 Å². The molecule has 100 valence electrons. The highest BCUT2D eigenvalue weighted by Crippen LogP contribution is 2.08. The van der Waals surface area contributed by atoms with Crippen molar-refractivity contribution in [2.75, 3.05) is 6.61 Å². The summed E-state index contributed by atoms with van der Waals surface area (Å²) >= 11 is 0. The van der Waals surface area contributed by atoms with Crippen LogP contribution in [-0.2, 0) is 11.2 Å². The molecule has 0 saturated heterocycles. The van der Waals surface area contributed by atoms with Crippen LogP contribution in [0.2, 0.25) is 0 Å². The van der Waals surface area contributed by atoms with Crippen molar-refractivity contribution in [2.24, 2.45) is 5.92 Å². The smallest absolute Gasteiger partial charge is 0.220 e. The molecule has 0 aromatic carbocycles. The number of amides is 1. The molecule has 0 bridgehead atoms. The minimum absolute atomic E-state index is 0.00396. The van der Waals surface area contributed by atoms with Crippen LogP contribution in [-0.4, -0.2) is 28.6 Å². The fourth-order valence-electron chi connectivity index (χ4n) is 1.74. The Bertz CT molecular complexity index is 354. The van der Waals surface area contributed by atoms with E-state index in [4.69, 9.17) is 0 Å². The zero-order chi connectivity index (χ0) is 13.4. The van der Waals surface area contributed by atoms with Crippen molar-refractivity contribution in [3.05, 3.63) is 30.1 Å². The van der Waals surface area contributed by atoms with Gasteiger partial charge in [0.05, 0.1) is 12.6 Å².